The fraction of sp³-hybridized carbons (Fsp3) is 0.889. The second-order valence-corrected chi connectivity index (χ2v) is 3.79. The standard InChI is InChI=1S/C9H19NO3/c1-7(2)9(3,5-11)6-13-8(12)10-4/h7,11H,5-6H2,1-4H3,(H,10,12). The summed E-state index contributed by atoms with van der Waals surface area (Å²) in [5.41, 5.74) is -0.355. The molecule has 0 aromatic rings. The van der Waals surface area contributed by atoms with Gasteiger partial charge in [-0.3, -0.25) is 0 Å². The largest absolute Gasteiger partial charge is 0.449 e. The summed E-state index contributed by atoms with van der Waals surface area (Å²) in [5, 5.41) is 11.5. The van der Waals surface area contributed by atoms with Gasteiger partial charge in [0, 0.05) is 12.5 Å². The smallest absolute Gasteiger partial charge is 0.406 e. The van der Waals surface area contributed by atoms with Crippen LogP contribution in [-0.2, 0) is 4.74 Å². The minimum absolute atomic E-state index is 0.0155. The third-order valence-corrected chi connectivity index (χ3v) is 2.49. The molecule has 0 aliphatic carbocycles. The van der Waals surface area contributed by atoms with Gasteiger partial charge in [-0.15, -0.1) is 0 Å². The van der Waals surface area contributed by atoms with Crippen LogP contribution in [0.2, 0.25) is 0 Å². The Morgan fingerprint density at radius 3 is 2.46 bits per heavy atom. The Morgan fingerprint density at radius 1 is 1.62 bits per heavy atom. The number of carbonyl (C=O) groups is 1. The summed E-state index contributed by atoms with van der Waals surface area (Å²) in [6.45, 7) is 6.12. The first-order chi connectivity index (χ1) is 5.96. The summed E-state index contributed by atoms with van der Waals surface area (Å²) >= 11 is 0. The van der Waals surface area contributed by atoms with Crippen molar-refractivity contribution >= 4 is 6.09 Å². The van der Waals surface area contributed by atoms with Crippen LogP contribution in [0, 0.1) is 11.3 Å². The summed E-state index contributed by atoms with van der Waals surface area (Å²) in [4.78, 5) is 10.8. The number of carbonyl (C=O) groups excluding carboxylic acids is 1. The normalized spacial score (nSPS) is 15.2. The molecule has 0 saturated carbocycles. The van der Waals surface area contributed by atoms with E-state index in [1.165, 1.54) is 7.05 Å². The van der Waals surface area contributed by atoms with Crippen LogP contribution in [-0.4, -0.2) is 31.5 Å². The Morgan fingerprint density at radius 2 is 2.15 bits per heavy atom. The molecule has 4 nitrogen and oxygen atoms in total. The maximum absolute atomic E-state index is 10.8. The summed E-state index contributed by atoms with van der Waals surface area (Å²) in [6, 6.07) is 0. The minimum atomic E-state index is -0.458. The lowest BCUT2D eigenvalue weighted by molar-refractivity contribution is 0.0197. The molecular weight excluding hydrogens is 170 g/mol. The average Bonchev–Trinajstić information content (AvgIpc) is 2.13. The summed E-state index contributed by atoms with van der Waals surface area (Å²) in [6.07, 6.45) is -0.458. The molecule has 1 atom stereocenters. The monoisotopic (exact) mass is 189 g/mol. The molecule has 0 heterocycles. The van der Waals surface area contributed by atoms with Gasteiger partial charge >= 0.3 is 6.09 Å². The molecule has 2 N–H and O–H groups in total. The van der Waals surface area contributed by atoms with Crippen LogP contribution in [0.25, 0.3) is 0 Å². The maximum Gasteiger partial charge on any atom is 0.406 e. The fourth-order valence-corrected chi connectivity index (χ4v) is 0.697. The molecule has 0 aliphatic rings. The zero-order valence-electron chi connectivity index (χ0n) is 8.76. The number of nitrogens with one attached hydrogen (secondary N) is 1. The number of hydrogen-bond acceptors (Lipinski definition) is 3. The van der Waals surface area contributed by atoms with Crippen molar-refractivity contribution in [1.29, 1.82) is 0 Å². The molecule has 78 valence electrons. The molecule has 0 rings (SSSR count). The van der Waals surface area contributed by atoms with Crippen molar-refractivity contribution in [1.82, 2.24) is 5.32 Å². The molecule has 13 heavy (non-hydrogen) atoms. The van der Waals surface area contributed by atoms with E-state index >= 15 is 0 Å². The molecule has 0 bridgehead atoms. The molecule has 0 aromatic heterocycles. The van der Waals surface area contributed by atoms with Gasteiger partial charge in [0.1, 0.15) is 6.61 Å². The molecule has 0 spiro atoms. The molecule has 0 aliphatic heterocycles. The molecule has 1 amide bonds. The lowest BCUT2D eigenvalue weighted by atomic mass is 9.81. The van der Waals surface area contributed by atoms with Crippen molar-refractivity contribution in [3.63, 3.8) is 0 Å². The van der Waals surface area contributed by atoms with E-state index in [-0.39, 0.29) is 24.5 Å². The number of hydrogen-bond donors (Lipinski definition) is 2. The van der Waals surface area contributed by atoms with Crippen LogP contribution in [0.15, 0.2) is 0 Å². The van der Waals surface area contributed by atoms with Gasteiger partial charge in [0.25, 0.3) is 0 Å². The highest BCUT2D eigenvalue weighted by Gasteiger charge is 2.29. The van der Waals surface area contributed by atoms with E-state index in [1.807, 2.05) is 20.8 Å². The molecule has 1 unspecified atom stereocenters. The Labute approximate surface area is 79.3 Å². The number of aliphatic hydroxyl groups excluding tert-OH is 1. The lowest BCUT2D eigenvalue weighted by Gasteiger charge is -2.30. The topological polar surface area (TPSA) is 58.6 Å². The Kier molecular flexibility index (Phi) is 4.77. The highest BCUT2D eigenvalue weighted by molar-refractivity contribution is 5.66. The van der Waals surface area contributed by atoms with Crippen LogP contribution in [0.4, 0.5) is 4.79 Å². The van der Waals surface area contributed by atoms with Crippen LogP contribution in [0.1, 0.15) is 20.8 Å². The SMILES string of the molecule is CNC(=O)OCC(C)(CO)C(C)C. The summed E-state index contributed by atoms with van der Waals surface area (Å²) in [5.74, 6) is 0.266. The predicted molar refractivity (Wildman–Crippen MR) is 50.4 cm³/mol. The van der Waals surface area contributed by atoms with Crippen LogP contribution in [0.5, 0.6) is 0 Å². The zero-order chi connectivity index (χ0) is 10.5. The van der Waals surface area contributed by atoms with Gasteiger partial charge in [-0.05, 0) is 5.92 Å². The Bertz CT molecular complexity index is 170. The number of amides is 1. The first kappa shape index (κ1) is 12.2. The maximum atomic E-state index is 10.8. The van der Waals surface area contributed by atoms with Gasteiger partial charge in [-0.1, -0.05) is 20.8 Å². The van der Waals surface area contributed by atoms with E-state index < -0.39 is 6.09 Å². The first-order valence-electron chi connectivity index (χ1n) is 4.41. The molecule has 0 aromatic carbocycles. The third-order valence-electron chi connectivity index (χ3n) is 2.49. The quantitative estimate of drug-likeness (QED) is 0.693. The molecular formula is C9H19NO3. The molecule has 4 heteroatoms. The Balaban J connectivity index is 4.05. The predicted octanol–water partition coefficient (Wildman–Crippen LogP) is 0.997. The second kappa shape index (κ2) is 5.07. The number of aliphatic hydroxyl groups is 1. The van der Waals surface area contributed by atoms with Crippen molar-refractivity contribution in [3.05, 3.63) is 0 Å². The summed E-state index contributed by atoms with van der Waals surface area (Å²) in [7, 11) is 1.51. The van der Waals surface area contributed by atoms with Crippen molar-refractivity contribution in [2.75, 3.05) is 20.3 Å². The number of alkyl carbamates (subject to hydrolysis) is 1. The van der Waals surface area contributed by atoms with Gasteiger partial charge in [0.2, 0.25) is 0 Å². The van der Waals surface area contributed by atoms with Gasteiger partial charge < -0.3 is 15.2 Å². The van der Waals surface area contributed by atoms with E-state index in [0.29, 0.717) is 0 Å². The highest BCUT2D eigenvalue weighted by atomic mass is 16.5. The zero-order valence-corrected chi connectivity index (χ0v) is 8.76. The third kappa shape index (κ3) is 3.63. The van der Waals surface area contributed by atoms with E-state index in [9.17, 15) is 4.79 Å². The highest BCUT2D eigenvalue weighted by Crippen LogP contribution is 2.26. The van der Waals surface area contributed by atoms with Gasteiger partial charge in [-0.25, -0.2) is 4.79 Å². The molecule has 0 radical (unpaired) electrons. The van der Waals surface area contributed by atoms with E-state index in [1.54, 1.807) is 0 Å². The lowest BCUT2D eigenvalue weighted by Crippen LogP contribution is -2.35. The second-order valence-electron chi connectivity index (χ2n) is 3.79. The Hall–Kier alpha value is -0.770. The van der Waals surface area contributed by atoms with Gasteiger partial charge in [-0.2, -0.15) is 0 Å². The van der Waals surface area contributed by atoms with Crippen molar-refractivity contribution in [3.8, 4) is 0 Å². The number of ether oxygens (including phenoxy) is 1. The van der Waals surface area contributed by atoms with Crippen molar-refractivity contribution < 1.29 is 14.6 Å². The summed E-state index contributed by atoms with van der Waals surface area (Å²) < 4.78 is 4.90. The van der Waals surface area contributed by atoms with E-state index in [0.717, 1.165) is 0 Å². The van der Waals surface area contributed by atoms with Crippen LogP contribution >= 0.6 is 0 Å². The average molecular weight is 189 g/mol. The van der Waals surface area contributed by atoms with Gasteiger partial charge in [0.15, 0.2) is 0 Å². The van der Waals surface area contributed by atoms with Crippen molar-refractivity contribution in [2.24, 2.45) is 11.3 Å². The first-order valence-corrected chi connectivity index (χ1v) is 4.41. The molecule has 0 saturated heterocycles. The number of rotatable bonds is 4. The van der Waals surface area contributed by atoms with E-state index in [4.69, 9.17) is 9.84 Å². The fourth-order valence-electron chi connectivity index (χ4n) is 0.697. The van der Waals surface area contributed by atoms with Crippen LogP contribution in [0.3, 0.4) is 0 Å². The van der Waals surface area contributed by atoms with Crippen molar-refractivity contribution in [2.45, 2.75) is 20.8 Å². The molecule has 0 fully saturated rings. The van der Waals surface area contributed by atoms with E-state index in [2.05, 4.69) is 5.32 Å². The van der Waals surface area contributed by atoms with Gasteiger partial charge in [0.05, 0.1) is 6.61 Å². The van der Waals surface area contributed by atoms with Crippen LogP contribution < -0.4 is 5.32 Å². The minimum Gasteiger partial charge on any atom is -0.449 e.